The van der Waals surface area contributed by atoms with Gasteiger partial charge in [0.25, 0.3) is 0 Å². The Bertz CT molecular complexity index is 293. The van der Waals surface area contributed by atoms with E-state index in [9.17, 15) is 0 Å². The van der Waals surface area contributed by atoms with Crippen molar-refractivity contribution in [3.63, 3.8) is 0 Å². The fourth-order valence-corrected chi connectivity index (χ4v) is 2.20. The van der Waals surface area contributed by atoms with Crippen LogP contribution in [0.2, 0.25) is 0 Å². The van der Waals surface area contributed by atoms with Gasteiger partial charge in [0, 0.05) is 24.7 Å². The molecule has 1 aliphatic rings. The highest BCUT2D eigenvalue weighted by Crippen LogP contribution is 2.35. The molecule has 0 saturated carbocycles. The molecule has 0 N–H and O–H groups in total. The van der Waals surface area contributed by atoms with Gasteiger partial charge in [-0.25, -0.2) is 0 Å². The summed E-state index contributed by atoms with van der Waals surface area (Å²) in [6, 6.07) is 8.79. The van der Waals surface area contributed by atoms with Crippen LogP contribution in [0.3, 0.4) is 0 Å². The maximum absolute atomic E-state index is 2.50. The first kappa shape index (κ1) is 8.61. The van der Waals surface area contributed by atoms with E-state index in [0.29, 0.717) is 5.92 Å². The highest BCUT2D eigenvalue weighted by molar-refractivity contribution is 5.59. The summed E-state index contributed by atoms with van der Waals surface area (Å²) >= 11 is 0. The van der Waals surface area contributed by atoms with Gasteiger partial charge in [-0.2, -0.15) is 0 Å². The van der Waals surface area contributed by atoms with Crippen LogP contribution < -0.4 is 4.90 Å². The lowest BCUT2D eigenvalue weighted by atomic mass is 10.0. The summed E-state index contributed by atoms with van der Waals surface area (Å²) < 4.78 is 0. The number of para-hydroxylation sites is 1. The van der Waals surface area contributed by atoms with Crippen LogP contribution in [0.1, 0.15) is 31.7 Å². The van der Waals surface area contributed by atoms with Gasteiger partial charge >= 0.3 is 0 Å². The van der Waals surface area contributed by atoms with Crippen LogP contribution >= 0.6 is 0 Å². The Kier molecular flexibility index (Phi) is 2.26. The van der Waals surface area contributed by atoms with Crippen LogP contribution in [0, 0.1) is 0 Å². The van der Waals surface area contributed by atoms with Crippen LogP contribution in [-0.4, -0.2) is 13.1 Å². The summed E-state index contributed by atoms with van der Waals surface area (Å²) in [7, 11) is 0. The third kappa shape index (κ3) is 1.43. The zero-order chi connectivity index (χ0) is 9.26. The van der Waals surface area contributed by atoms with E-state index in [0.717, 1.165) is 0 Å². The number of hydrogen-bond acceptors (Lipinski definition) is 1. The van der Waals surface area contributed by atoms with Crippen LogP contribution in [0.25, 0.3) is 0 Å². The average Bonchev–Trinajstić information content (AvgIpc) is 2.46. The molecule has 0 radical (unpaired) electrons. The van der Waals surface area contributed by atoms with Crippen LogP contribution in [-0.2, 0) is 0 Å². The molecular weight excluding hydrogens is 158 g/mol. The highest BCUT2D eigenvalue weighted by Gasteiger charge is 2.23. The zero-order valence-corrected chi connectivity index (χ0v) is 8.46. The molecule has 13 heavy (non-hydrogen) atoms. The molecule has 0 bridgehead atoms. The molecule has 2 rings (SSSR count). The summed E-state index contributed by atoms with van der Waals surface area (Å²) in [5, 5.41) is 0. The minimum atomic E-state index is 0.711. The lowest BCUT2D eigenvalue weighted by molar-refractivity contribution is 0.731. The second-order valence-electron chi connectivity index (χ2n) is 3.91. The van der Waals surface area contributed by atoms with Crippen molar-refractivity contribution in [3.8, 4) is 0 Å². The smallest absolute Gasteiger partial charge is 0.0402 e. The maximum Gasteiger partial charge on any atom is 0.0402 e. The van der Waals surface area contributed by atoms with Crippen molar-refractivity contribution in [3.05, 3.63) is 29.8 Å². The van der Waals surface area contributed by atoms with Gasteiger partial charge in [-0.05, 0) is 18.1 Å². The third-order valence-electron chi connectivity index (χ3n) is 2.80. The van der Waals surface area contributed by atoms with Crippen LogP contribution in [0.15, 0.2) is 24.3 Å². The molecule has 1 nitrogen and oxygen atoms in total. The molecule has 1 unspecified atom stereocenters. The standard InChI is InChI=1S/C12H17N/c1-3-8-13-9-10(2)11-6-4-5-7-12(11)13/h4-7,10H,3,8-9H2,1-2H3. The number of anilines is 1. The third-order valence-corrected chi connectivity index (χ3v) is 2.80. The normalized spacial score (nSPS) is 20.5. The minimum absolute atomic E-state index is 0.711. The molecular formula is C12H17N. The van der Waals surface area contributed by atoms with Crippen LogP contribution in [0.4, 0.5) is 5.69 Å². The Morgan fingerprint density at radius 2 is 2.15 bits per heavy atom. The van der Waals surface area contributed by atoms with E-state index in [1.807, 2.05) is 0 Å². The number of benzene rings is 1. The van der Waals surface area contributed by atoms with Crippen LogP contribution in [0.5, 0.6) is 0 Å². The Hall–Kier alpha value is -0.980. The Morgan fingerprint density at radius 1 is 1.38 bits per heavy atom. The molecule has 0 spiro atoms. The van der Waals surface area contributed by atoms with Crippen molar-refractivity contribution in [1.82, 2.24) is 0 Å². The largest absolute Gasteiger partial charge is 0.371 e. The quantitative estimate of drug-likeness (QED) is 0.668. The maximum atomic E-state index is 2.50. The van der Waals surface area contributed by atoms with Crippen molar-refractivity contribution >= 4 is 5.69 Å². The molecule has 0 fully saturated rings. The van der Waals surface area contributed by atoms with E-state index in [1.54, 1.807) is 0 Å². The Morgan fingerprint density at radius 3 is 2.92 bits per heavy atom. The summed E-state index contributed by atoms with van der Waals surface area (Å²) in [6.07, 6.45) is 1.24. The Balaban J connectivity index is 2.30. The van der Waals surface area contributed by atoms with Crippen molar-refractivity contribution in [1.29, 1.82) is 0 Å². The first-order valence-corrected chi connectivity index (χ1v) is 5.16. The summed E-state index contributed by atoms with van der Waals surface area (Å²) in [4.78, 5) is 2.50. The zero-order valence-electron chi connectivity index (χ0n) is 8.46. The molecule has 70 valence electrons. The fourth-order valence-electron chi connectivity index (χ4n) is 2.20. The lowest BCUT2D eigenvalue weighted by Crippen LogP contribution is -2.21. The molecule has 0 amide bonds. The minimum Gasteiger partial charge on any atom is -0.371 e. The van der Waals surface area contributed by atoms with Gasteiger partial charge in [-0.3, -0.25) is 0 Å². The second kappa shape index (κ2) is 3.41. The van der Waals surface area contributed by atoms with E-state index in [2.05, 4.69) is 43.0 Å². The van der Waals surface area contributed by atoms with Gasteiger partial charge in [0.15, 0.2) is 0 Å². The summed E-state index contributed by atoms with van der Waals surface area (Å²) in [5.41, 5.74) is 2.98. The molecule has 1 atom stereocenters. The molecule has 0 saturated heterocycles. The number of rotatable bonds is 2. The summed E-state index contributed by atoms with van der Waals surface area (Å²) in [5.74, 6) is 0.711. The second-order valence-corrected chi connectivity index (χ2v) is 3.91. The monoisotopic (exact) mass is 175 g/mol. The predicted molar refractivity (Wildman–Crippen MR) is 57.4 cm³/mol. The van der Waals surface area contributed by atoms with Gasteiger partial charge in [0.2, 0.25) is 0 Å². The van der Waals surface area contributed by atoms with Gasteiger partial charge in [-0.15, -0.1) is 0 Å². The van der Waals surface area contributed by atoms with E-state index in [4.69, 9.17) is 0 Å². The molecule has 1 heteroatoms. The molecule has 1 aromatic rings. The number of fused-ring (bicyclic) bond motifs is 1. The predicted octanol–water partition coefficient (Wildman–Crippen LogP) is 3.02. The van der Waals surface area contributed by atoms with Gasteiger partial charge in [0.05, 0.1) is 0 Å². The molecule has 1 aromatic carbocycles. The number of hydrogen-bond donors (Lipinski definition) is 0. The van der Waals surface area contributed by atoms with Gasteiger partial charge < -0.3 is 4.90 Å². The number of nitrogens with zero attached hydrogens (tertiary/aromatic N) is 1. The first-order valence-electron chi connectivity index (χ1n) is 5.16. The average molecular weight is 175 g/mol. The lowest BCUT2D eigenvalue weighted by Gasteiger charge is -2.18. The highest BCUT2D eigenvalue weighted by atomic mass is 15.1. The summed E-state index contributed by atoms with van der Waals surface area (Å²) in [6.45, 7) is 6.95. The first-order chi connectivity index (χ1) is 6.33. The van der Waals surface area contributed by atoms with Crippen molar-refractivity contribution in [2.75, 3.05) is 18.0 Å². The van der Waals surface area contributed by atoms with E-state index in [-0.39, 0.29) is 0 Å². The molecule has 0 aromatic heterocycles. The van der Waals surface area contributed by atoms with Crippen molar-refractivity contribution in [2.24, 2.45) is 0 Å². The van der Waals surface area contributed by atoms with Gasteiger partial charge in [0.1, 0.15) is 0 Å². The van der Waals surface area contributed by atoms with Crippen molar-refractivity contribution in [2.45, 2.75) is 26.2 Å². The fraction of sp³-hybridized carbons (Fsp3) is 0.500. The van der Waals surface area contributed by atoms with E-state index < -0.39 is 0 Å². The SMILES string of the molecule is CCCN1CC(C)c2ccccc21. The Labute approximate surface area is 80.4 Å². The van der Waals surface area contributed by atoms with Crippen molar-refractivity contribution < 1.29 is 0 Å². The topological polar surface area (TPSA) is 3.24 Å². The molecule has 1 aliphatic heterocycles. The molecule has 1 heterocycles. The molecule has 0 aliphatic carbocycles. The van der Waals surface area contributed by atoms with Gasteiger partial charge in [-0.1, -0.05) is 32.0 Å². The van der Waals surface area contributed by atoms with E-state index in [1.165, 1.54) is 30.8 Å². The van der Waals surface area contributed by atoms with E-state index >= 15 is 0 Å².